The van der Waals surface area contributed by atoms with E-state index in [1.807, 2.05) is 19.0 Å². The lowest BCUT2D eigenvalue weighted by molar-refractivity contribution is 0.321. The predicted octanol–water partition coefficient (Wildman–Crippen LogP) is 1.70. The van der Waals surface area contributed by atoms with E-state index in [9.17, 15) is 4.39 Å². The van der Waals surface area contributed by atoms with Gasteiger partial charge in [-0.1, -0.05) is 5.16 Å². The van der Waals surface area contributed by atoms with Crippen LogP contribution in [0.15, 0.2) is 17.3 Å². The molecule has 0 aliphatic rings. The molecule has 0 unspecified atom stereocenters. The van der Waals surface area contributed by atoms with Gasteiger partial charge in [-0.15, -0.1) is 0 Å². The van der Waals surface area contributed by atoms with E-state index in [1.54, 1.807) is 6.07 Å². The first-order valence-electron chi connectivity index (χ1n) is 4.77. The number of nitrogens with zero attached hydrogens (tertiary/aromatic N) is 2. The molecule has 1 rings (SSSR count). The molecule has 0 aliphatic heterocycles. The topological polar surface area (TPSA) is 45.1 Å². The van der Waals surface area contributed by atoms with Crippen LogP contribution in [-0.4, -0.2) is 37.5 Å². The average molecular weight is 226 g/mol. The molecule has 5 heteroatoms. The number of rotatable bonds is 4. The summed E-state index contributed by atoms with van der Waals surface area (Å²) in [5.41, 5.74) is 0.904. The number of methoxy groups -OCH3 is 1. The number of oxime groups is 1. The normalized spacial score (nSPS) is 11.3. The zero-order chi connectivity index (χ0) is 12.1. The van der Waals surface area contributed by atoms with Gasteiger partial charge in [0.2, 0.25) is 0 Å². The highest BCUT2D eigenvalue weighted by atomic mass is 19.1. The van der Waals surface area contributed by atoms with E-state index in [1.165, 1.54) is 13.2 Å². The maximum Gasteiger partial charge on any atom is 0.132 e. The fourth-order valence-corrected chi connectivity index (χ4v) is 1.48. The zero-order valence-electron chi connectivity index (χ0n) is 9.57. The lowest BCUT2D eigenvalue weighted by atomic mass is 10.1. The van der Waals surface area contributed by atoms with Gasteiger partial charge in [0.25, 0.3) is 0 Å². The molecule has 0 fully saturated rings. The Hall–Kier alpha value is -1.62. The first kappa shape index (κ1) is 12.4. The molecule has 1 aromatic rings. The molecule has 0 amide bonds. The largest absolute Gasteiger partial charge is 0.496 e. The highest BCUT2D eigenvalue weighted by Gasteiger charge is 2.13. The number of hydrogen-bond donors (Lipinski definition) is 1. The van der Waals surface area contributed by atoms with Crippen LogP contribution in [-0.2, 0) is 6.54 Å². The van der Waals surface area contributed by atoms with Crippen molar-refractivity contribution in [2.45, 2.75) is 6.54 Å². The van der Waals surface area contributed by atoms with E-state index in [0.29, 0.717) is 17.9 Å². The summed E-state index contributed by atoms with van der Waals surface area (Å²) < 4.78 is 18.7. The molecule has 0 heterocycles. The summed E-state index contributed by atoms with van der Waals surface area (Å²) in [6, 6.07) is 2.85. The van der Waals surface area contributed by atoms with Crippen molar-refractivity contribution in [1.82, 2.24) is 4.90 Å². The highest BCUT2D eigenvalue weighted by molar-refractivity contribution is 5.82. The van der Waals surface area contributed by atoms with Gasteiger partial charge in [-0.2, -0.15) is 0 Å². The Bertz CT molecular complexity index is 392. The Labute approximate surface area is 93.9 Å². The van der Waals surface area contributed by atoms with E-state index in [2.05, 4.69) is 5.16 Å². The number of ether oxygens (including phenoxy) is 1. The minimum Gasteiger partial charge on any atom is -0.496 e. The summed E-state index contributed by atoms with van der Waals surface area (Å²) in [4.78, 5) is 1.88. The van der Waals surface area contributed by atoms with Gasteiger partial charge in [-0.05, 0) is 26.2 Å². The van der Waals surface area contributed by atoms with Crippen LogP contribution in [0.1, 0.15) is 11.1 Å². The number of benzene rings is 1. The molecule has 16 heavy (non-hydrogen) atoms. The third-order valence-corrected chi connectivity index (χ3v) is 2.14. The Morgan fingerprint density at radius 2 is 2.19 bits per heavy atom. The van der Waals surface area contributed by atoms with Gasteiger partial charge in [0.1, 0.15) is 11.6 Å². The van der Waals surface area contributed by atoms with Crippen LogP contribution < -0.4 is 4.74 Å². The summed E-state index contributed by atoms with van der Waals surface area (Å²) in [7, 11) is 5.25. The second-order valence-corrected chi connectivity index (χ2v) is 3.62. The predicted molar refractivity (Wildman–Crippen MR) is 59.7 cm³/mol. The van der Waals surface area contributed by atoms with Gasteiger partial charge in [0.05, 0.1) is 13.3 Å². The maximum atomic E-state index is 13.5. The van der Waals surface area contributed by atoms with Crippen LogP contribution in [0.4, 0.5) is 4.39 Å². The molecular formula is C11H15FN2O2. The smallest absolute Gasteiger partial charge is 0.132 e. The summed E-state index contributed by atoms with van der Waals surface area (Å²) in [6.07, 6.45) is 1.08. The van der Waals surface area contributed by atoms with Gasteiger partial charge in [0.15, 0.2) is 0 Å². The van der Waals surface area contributed by atoms with Crippen molar-refractivity contribution in [2.75, 3.05) is 21.2 Å². The molecule has 1 N–H and O–H groups in total. The van der Waals surface area contributed by atoms with E-state index in [0.717, 1.165) is 6.21 Å². The van der Waals surface area contributed by atoms with Crippen LogP contribution in [0.25, 0.3) is 0 Å². The van der Waals surface area contributed by atoms with E-state index in [4.69, 9.17) is 9.94 Å². The second-order valence-electron chi connectivity index (χ2n) is 3.62. The molecule has 0 saturated carbocycles. The molecule has 88 valence electrons. The van der Waals surface area contributed by atoms with Gasteiger partial charge < -0.3 is 14.8 Å². The van der Waals surface area contributed by atoms with Crippen LogP contribution in [0.3, 0.4) is 0 Å². The van der Waals surface area contributed by atoms with Gasteiger partial charge in [0, 0.05) is 17.7 Å². The molecular weight excluding hydrogens is 211 g/mol. The lowest BCUT2D eigenvalue weighted by Crippen LogP contribution is -2.14. The molecule has 4 nitrogen and oxygen atoms in total. The van der Waals surface area contributed by atoms with Crippen molar-refractivity contribution in [3.8, 4) is 5.75 Å². The molecule has 0 atom stereocenters. The third-order valence-electron chi connectivity index (χ3n) is 2.14. The van der Waals surface area contributed by atoms with Crippen molar-refractivity contribution in [3.05, 3.63) is 29.1 Å². The Morgan fingerprint density at radius 1 is 1.50 bits per heavy atom. The molecule has 1 aromatic carbocycles. The number of hydrogen-bond acceptors (Lipinski definition) is 4. The summed E-state index contributed by atoms with van der Waals surface area (Å²) in [5.74, 6) is 0.139. The summed E-state index contributed by atoms with van der Waals surface area (Å²) in [6.45, 7) is 0.502. The van der Waals surface area contributed by atoms with Gasteiger partial charge in [-0.25, -0.2) is 4.39 Å². The van der Waals surface area contributed by atoms with Crippen LogP contribution >= 0.6 is 0 Å². The number of halogens is 1. The Balaban J connectivity index is 3.30. The van der Waals surface area contributed by atoms with Crippen LogP contribution in [0.5, 0.6) is 5.75 Å². The SMILES string of the molecule is COc1ccc(F)c(/C=N/O)c1CN(C)C. The first-order valence-corrected chi connectivity index (χ1v) is 4.77. The molecule has 0 saturated heterocycles. The van der Waals surface area contributed by atoms with E-state index in [-0.39, 0.29) is 5.56 Å². The summed E-state index contributed by atoms with van der Waals surface area (Å²) in [5, 5.41) is 11.4. The molecule has 0 bridgehead atoms. The van der Waals surface area contributed by atoms with E-state index >= 15 is 0 Å². The second kappa shape index (κ2) is 5.46. The highest BCUT2D eigenvalue weighted by Crippen LogP contribution is 2.24. The minimum absolute atomic E-state index is 0.246. The van der Waals surface area contributed by atoms with Gasteiger partial charge in [-0.3, -0.25) is 0 Å². The van der Waals surface area contributed by atoms with E-state index < -0.39 is 5.82 Å². The standard InChI is InChI=1S/C11H15FN2O2/c1-14(2)7-9-8(6-13-15)10(12)4-5-11(9)16-3/h4-6,15H,7H2,1-3H3/b13-6+. The Morgan fingerprint density at radius 3 is 2.69 bits per heavy atom. The van der Waals surface area contributed by atoms with Crippen molar-refractivity contribution in [2.24, 2.45) is 5.16 Å². The van der Waals surface area contributed by atoms with Crippen molar-refractivity contribution >= 4 is 6.21 Å². The van der Waals surface area contributed by atoms with Gasteiger partial charge >= 0.3 is 0 Å². The third kappa shape index (κ3) is 2.70. The molecule has 0 aliphatic carbocycles. The maximum absolute atomic E-state index is 13.5. The van der Waals surface area contributed by atoms with Crippen molar-refractivity contribution in [1.29, 1.82) is 0 Å². The molecule has 0 radical (unpaired) electrons. The summed E-state index contributed by atoms with van der Waals surface area (Å²) >= 11 is 0. The lowest BCUT2D eigenvalue weighted by Gasteiger charge is -2.16. The quantitative estimate of drug-likeness (QED) is 0.483. The van der Waals surface area contributed by atoms with Crippen molar-refractivity contribution in [3.63, 3.8) is 0 Å². The van der Waals surface area contributed by atoms with Crippen molar-refractivity contribution < 1.29 is 14.3 Å². The average Bonchev–Trinajstić information content (AvgIpc) is 2.23. The van der Waals surface area contributed by atoms with Crippen LogP contribution in [0.2, 0.25) is 0 Å². The fourth-order valence-electron chi connectivity index (χ4n) is 1.48. The molecule has 0 aromatic heterocycles. The zero-order valence-corrected chi connectivity index (χ0v) is 9.57. The first-order chi connectivity index (χ1) is 7.60. The van der Waals surface area contributed by atoms with Crippen LogP contribution in [0, 0.1) is 5.82 Å². The molecule has 0 spiro atoms. The Kier molecular flexibility index (Phi) is 4.25. The monoisotopic (exact) mass is 226 g/mol. The minimum atomic E-state index is -0.435. The fraction of sp³-hybridized carbons (Fsp3) is 0.364.